The number of hydrogen-bond donors (Lipinski definition) is 2. The molecular formula is C29H30FN3O5. The average molecular weight is 520 g/mol. The number of rotatable bonds is 9. The van der Waals surface area contributed by atoms with Gasteiger partial charge in [-0.25, -0.2) is 9.18 Å². The minimum atomic E-state index is -0.930. The van der Waals surface area contributed by atoms with Gasteiger partial charge in [-0.2, -0.15) is 0 Å². The first kappa shape index (κ1) is 26.7. The Morgan fingerprint density at radius 2 is 1.71 bits per heavy atom. The van der Waals surface area contributed by atoms with Crippen molar-refractivity contribution in [2.45, 2.75) is 32.5 Å². The van der Waals surface area contributed by atoms with Crippen LogP contribution in [0.25, 0.3) is 0 Å². The molecule has 0 aliphatic carbocycles. The lowest BCUT2D eigenvalue weighted by molar-refractivity contribution is -0.126. The summed E-state index contributed by atoms with van der Waals surface area (Å²) in [7, 11) is 1.50. The van der Waals surface area contributed by atoms with Gasteiger partial charge in [0.25, 0.3) is 5.91 Å². The van der Waals surface area contributed by atoms with Crippen LogP contribution < -0.4 is 15.4 Å². The molecule has 4 rings (SSSR count). The fraction of sp³-hybridized carbons (Fsp3) is 0.276. The molecule has 8 nitrogen and oxygen atoms in total. The van der Waals surface area contributed by atoms with Gasteiger partial charge in [0, 0.05) is 12.2 Å². The molecule has 1 aliphatic heterocycles. The van der Waals surface area contributed by atoms with Crippen LogP contribution in [0.4, 0.5) is 14.9 Å². The van der Waals surface area contributed by atoms with Crippen molar-refractivity contribution >= 4 is 23.6 Å². The third-order valence-electron chi connectivity index (χ3n) is 6.15. The molecule has 2 unspecified atom stereocenters. The number of amides is 3. The van der Waals surface area contributed by atoms with E-state index in [1.165, 1.54) is 24.1 Å². The van der Waals surface area contributed by atoms with Crippen molar-refractivity contribution in [1.82, 2.24) is 10.2 Å². The number of carbonyl (C=O) groups is 3. The topological polar surface area (TPSA) is 97.0 Å². The van der Waals surface area contributed by atoms with Crippen LogP contribution in [0.2, 0.25) is 0 Å². The maximum atomic E-state index is 13.4. The molecule has 3 aromatic rings. The lowest BCUT2D eigenvalue weighted by atomic mass is 10.00. The van der Waals surface area contributed by atoms with E-state index >= 15 is 0 Å². The Morgan fingerprint density at radius 1 is 1.03 bits per heavy atom. The van der Waals surface area contributed by atoms with E-state index in [-0.39, 0.29) is 30.1 Å². The Labute approximate surface area is 220 Å². The van der Waals surface area contributed by atoms with Gasteiger partial charge in [-0.15, -0.1) is 0 Å². The monoisotopic (exact) mass is 519 g/mol. The van der Waals surface area contributed by atoms with Crippen molar-refractivity contribution in [3.8, 4) is 5.75 Å². The van der Waals surface area contributed by atoms with E-state index in [0.29, 0.717) is 34.7 Å². The van der Waals surface area contributed by atoms with E-state index in [9.17, 15) is 18.8 Å². The Balaban J connectivity index is 1.55. The number of cyclic esters (lactones) is 1. The summed E-state index contributed by atoms with van der Waals surface area (Å²) in [6, 6.07) is 18.5. The molecule has 3 aromatic carbocycles. The summed E-state index contributed by atoms with van der Waals surface area (Å²) in [5.41, 5.74) is 2.18. The predicted octanol–water partition coefficient (Wildman–Crippen LogP) is 4.92. The van der Waals surface area contributed by atoms with Crippen LogP contribution in [-0.2, 0) is 16.1 Å². The van der Waals surface area contributed by atoms with Gasteiger partial charge < -0.3 is 20.1 Å². The highest BCUT2D eigenvalue weighted by atomic mass is 19.1. The summed E-state index contributed by atoms with van der Waals surface area (Å²) < 4.78 is 24.3. The minimum absolute atomic E-state index is 0.0857. The number of hydrogen-bond acceptors (Lipinski definition) is 5. The van der Waals surface area contributed by atoms with E-state index in [2.05, 4.69) is 10.6 Å². The van der Waals surface area contributed by atoms with Gasteiger partial charge in [0.15, 0.2) is 12.1 Å². The third-order valence-corrected chi connectivity index (χ3v) is 6.15. The molecule has 198 valence electrons. The summed E-state index contributed by atoms with van der Waals surface area (Å²) in [4.78, 5) is 40.2. The summed E-state index contributed by atoms with van der Waals surface area (Å²) in [6.45, 7) is 4.47. The highest BCUT2D eigenvalue weighted by molar-refractivity contribution is 6.06. The minimum Gasteiger partial charge on any atom is -0.496 e. The molecule has 2 atom stereocenters. The van der Waals surface area contributed by atoms with Crippen LogP contribution in [0.5, 0.6) is 5.75 Å². The summed E-state index contributed by atoms with van der Waals surface area (Å²) in [5.74, 6) is -0.396. The molecule has 0 aromatic heterocycles. The number of carbonyl (C=O) groups excluding carboxylic acids is 3. The average Bonchev–Trinajstić information content (AvgIpc) is 3.24. The number of anilines is 1. The maximum absolute atomic E-state index is 13.4. The Morgan fingerprint density at radius 3 is 2.37 bits per heavy atom. The summed E-state index contributed by atoms with van der Waals surface area (Å²) >= 11 is 0. The zero-order chi connectivity index (χ0) is 27.2. The van der Waals surface area contributed by atoms with Crippen molar-refractivity contribution in [3.05, 3.63) is 95.3 Å². The number of para-hydroxylation sites is 1. The van der Waals surface area contributed by atoms with Gasteiger partial charge in [-0.05, 0) is 53.4 Å². The number of nitrogens with zero attached hydrogens (tertiary/aromatic N) is 1. The van der Waals surface area contributed by atoms with Gasteiger partial charge >= 0.3 is 6.09 Å². The normalized spacial score (nSPS) is 16.8. The molecule has 0 bridgehead atoms. The maximum Gasteiger partial charge on any atom is 0.411 e. The van der Waals surface area contributed by atoms with E-state index in [1.807, 2.05) is 13.8 Å². The Kier molecular flexibility index (Phi) is 8.25. The predicted molar refractivity (Wildman–Crippen MR) is 140 cm³/mol. The molecule has 38 heavy (non-hydrogen) atoms. The zero-order valence-corrected chi connectivity index (χ0v) is 21.4. The van der Waals surface area contributed by atoms with Crippen molar-refractivity contribution in [2.24, 2.45) is 5.92 Å². The van der Waals surface area contributed by atoms with Gasteiger partial charge in [0.05, 0.1) is 19.2 Å². The Bertz CT molecular complexity index is 1290. The van der Waals surface area contributed by atoms with E-state index in [1.54, 1.807) is 60.7 Å². The first-order valence-corrected chi connectivity index (χ1v) is 12.3. The number of nitrogens with one attached hydrogen (secondary N) is 2. The standard InChI is InChI=1S/C29H30FN3O5/c1-18(2)16-31-28(35)25-26(38-29(36)33(25)17-19-8-12-21(30)13-9-19)20-10-14-22(15-11-20)32-27(34)23-6-4-5-7-24(23)37-3/h4-15,18,25-26H,16-17H2,1-3H3,(H,31,35)(H,32,34). The molecule has 3 amide bonds. The van der Waals surface area contributed by atoms with Crippen LogP contribution in [0, 0.1) is 11.7 Å². The highest BCUT2D eigenvalue weighted by Gasteiger charge is 2.46. The second kappa shape index (κ2) is 11.8. The van der Waals surface area contributed by atoms with E-state index in [0.717, 1.165) is 0 Å². The van der Waals surface area contributed by atoms with Gasteiger partial charge in [-0.1, -0.05) is 50.2 Å². The molecule has 9 heteroatoms. The van der Waals surface area contributed by atoms with Crippen molar-refractivity contribution in [1.29, 1.82) is 0 Å². The first-order chi connectivity index (χ1) is 18.3. The molecule has 1 fully saturated rings. The van der Waals surface area contributed by atoms with Crippen molar-refractivity contribution < 1.29 is 28.2 Å². The van der Waals surface area contributed by atoms with Crippen LogP contribution >= 0.6 is 0 Å². The molecule has 2 N–H and O–H groups in total. The second-order valence-corrected chi connectivity index (χ2v) is 9.42. The lowest BCUT2D eigenvalue weighted by Crippen LogP contribution is -2.47. The van der Waals surface area contributed by atoms with Crippen LogP contribution in [0.3, 0.4) is 0 Å². The quantitative estimate of drug-likeness (QED) is 0.418. The Hall–Kier alpha value is -4.40. The van der Waals surface area contributed by atoms with Gasteiger partial charge in [0.1, 0.15) is 11.6 Å². The second-order valence-electron chi connectivity index (χ2n) is 9.42. The first-order valence-electron chi connectivity index (χ1n) is 12.3. The van der Waals surface area contributed by atoms with Crippen molar-refractivity contribution in [2.75, 3.05) is 19.0 Å². The van der Waals surface area contributed by atoms with Crippen LogP contribution in [0.15, 0.2) is 72.8 Å². The summed E-state index contributed by atoms with van der Waals surface area (Å²) in [6.07, 6.45) is -1.51. The molecule has 1 saturated heterocycles. The molecule has 0 radical (unpaired) electrons. The summed E-state index contributed by atoms with van der Waals surface area (Å²) in [5, 5.41) is 5.72. The van der Waals surface area contributed by atoms with Gasteiger partial charge in [0.2, 0.25) is 5.91 Å². The zero-order valence-electron chi connectivity index (χ0n) is 21.4. The van der Waals surface area contributed by atoms with E-state index < -0.39 is 18.2 Å². The molecular weight excluding hydrogens is 489 g/mol. The number of halogens is 1. The number of methoxy groups -OCH3 is 1. The van der Waals surface area contributed by atoms with Gasteiger partial charge in [-0.3, -0.25) is 14.5 Å². The highest BCUT2D eigenvalue weighted by Crippen LogP contribution is 2.34. The van der Waals surface area contributed by atoms with Crippen molar-refractivity contribution in [3.63, 3.8) is 0 Å². The molecule has 1 aliphatic rings. The fourth-order valence-corrected chi connectivity index (χ4v) is 4.19. The van der Waals surface area contributed by atoms with E-state index in [4.69, 9.17) is 9.47 Å². The fourth-order valence-electron chi connectivity index (χ4n) is 4.19. The molecule has 0 saturated carbocycles. The number of ether oxygens (including phenoxy) is 2. The van der Waals surface area contributed by atoms with Crippen LogP contribution in [0.1, 0.15) is 41.4 Å². The third kappa shape index (κ3) is 6.11. The number of benzene rings is 3. The lowest BCUT2D eigenvalue weighted by Gasteiger charge is -2.24. The molecule has 1 heterocycles. The SMILES string of the molecule is COc1ccccc1C(=O)Nc1ccc(C2OC(=O)N(Cc3ccc(F)cc3)C2C(=O)NCC(C)C)cc1. The molecule has 0 spiro atoms. The largest absolute Gasteiger partial charge is 0.496 e. The smallest absolute Gasteiger partial charge is 0.411 e. The van der Waals surface area contributed by atoms with Crippen LogP contribution in [-0.4, -0.2) is 42.5 Å².